The summed E-state index contributed by atoms with van der Waals surface area (Å²) in [7, 11) is 1.63. The number of methoxy groups -OCH3 is 1. The SMILES string of the molecule is COc1ccc(-n2nc(C(=O)N3CCCCC3)cc2-c2ccc(OCCOC(=O)NCC(C)C)cc2)cc1. The first kappa shape index (κ1) is 27.0. The van der Waals surface area contributed by atoms with Crippen LogP contribution in [0.5, 0.6) is 11.5 Å². The second kappa shape index (κ2) is 13.0. The second-order valence-electron chi connectivity index (χ2n) is 9.66. The van der Waals surface area contributed by atoms with E-state index in [1.165, 1.54) is 0 Å². The number of amides is 2. The van der Waals surface area contributed by atoms with Crippen LogP contribution in [0.25, 0.3) is 16.9 Å². The van der Waals surface area contributed by atoms with Gasteiger partial charge in [-0.1, -0.05) is 13.8 Å². The molecule has 1 aliphatic rings. The minimum absolute atomic E-state index is 0.0457. The quantitative estimate of drug-likeness (QED) is 0.381. The van der Waals surface area contributed by atoms with Crippen LogP contribution in [0.3, 0.4) is 0 Å². The molecule has 202 valence electrons. The van der Waals surface area contributed by atoms with Crippen LogP contribution in [0.15, 0.2) is 54.6 Å². The molecule has 9 heteroatoms. The number of nitrogens with zero attached hydrogens (tertiary/aromatic N) is 3. The maximum absolute atomic E-state index is 13.2. The van der Waals surface area contributed by atoms with Crippen molar-refractivity contribution in [3.63, 3.8) is 0 Å². The molecule has 0 unspecified atom stereocenters. The first-order chi connectivity index (χ1) is 18.4. The minimum Gasteiger partial charge on any atom is -0.497 e. The average Bonchev–Trinajstić information content (AvgIpc) is 3.40. The van der Waals surface area contributed by atoms with Gasteiger partial charge in [-0.05, 0) is 79.8 Å². The lowest BCUT2D eigenvalue weighted by Gasteiger charge is -2.25. The highest BCUT2D eigenvalue weighted by molar-refractivity contribution is 5.93. The first-order valence-electron chi connectivity index (χ1n) is 13.1. The predicted octanol–water partition coefficient (Wildman–Crippen LogP) is 4.94. The van der Waals surface area contributed by atoms with Gasteiger partial charge in [-0.2, -0.15) is 5.10 Å². The zero-order valence-corrected chi connectivity index (χ0v) is 22.3. The lowest BCUT2D eigenvalue weighted by Crippen LogP contribution is -2.35. The molecule has 2 heterocycles. The van der Waals surface area contributed by atoms with E-state index in [0.717, 1.165) is 55.0 Å². The number of hydrogen-bond acceptors (Lipinski definition) is 6. The van der Waals surface area contributed by atoms with E-state index in [0.29, 0.717) is 23.9 Å². The molecule has 0 atom stereocenters. The lowest BCUT2D eigenvalue weighted by molar-refractivity contribution is 0.0718. The molecule has 0 bridgehead atoms. The van der Waals surface area contributed by atoms with Crippen LogP contribution in [0.2, 0.25) is 0 Å². The van der Waals surface area contributed by atoms with E-state index in [-0.39, 0.29) is 19.1 Å². The Labute approximate surface area is 223 Å². The van der Waals surface area contributed by atoms with Gasteiger partial charge in [0.1, 0.15) is 24.7 Å². The van der Waals surface area contributed by atoms with Gasteiger partial charge in [0.2, 0.25) is 0 Å². The number of aromatic nitrogens is 2. The number of benzene rings is 2. The predicted molar refractivity (Wildman–Crippen MR) is 145 cm³/mol. The average molecular weight is 521 g/mol. The molecule has 0 radical (unpaired) electrons. The fourth-order valence-corrected chi connectivity index (χ4v) is 4.22. The van der Waals surface area contributed by atoms with Gasteiger partial charge in [0.25, 0.3) is 5.91 Å². The summed E-state index contributed by atoms with van der Waals surface area (Å²) < 4.78 is 17.9. The van der Waals surface area contributed by atoms with Crippen LogP contribution in [0, 0.1) is 5.92 Å². The van der Waals surface area contributed by atoms with Gasteiger partial charge in [0.05, 0.1) is 18.5 Å². The summed E-state index contributed by atoms with van der Waals surface area (Å²) in [5, 5.41) is 7.42. The van der Waals surface area contributed by atoms with Crippen molar-refractivity contribution in [3.8, 4) is 28.4 Å². The highest BCUT2D eigenvalue weighted by Crippen LogP contribution is 2.28. The maximum Gasteiger partial charge on any atom is 0.407 e. The zero-order chi connectivity index (χ0) is 26.9. The molecule has 38 heavy (non-hydrogen) atoms. The molecule has 2 amide bonds. The summed E-state index contributed by atoms with van der Waals surface area (Å²) in [4.78, 5) is 26.8. The fourth-order valence-electron chi connectivity index (χ4n) is 4.22. The van der Waals surface area contributed by atoms with E-state index in [1.807, 2.05) is 73.3 Å². The van der Waals surface area contributed by atoms with E-state index >= 15 is 0 Å². The van der Waals surface area contributed by atoms with Crippen molar-refractivity contribution in [3.05, 3.63) is 60.3 Å². The largest absolute Gasteiger partial charge is 0.497 e. The Morgan fingerprint density at radius 1 is 0.947 bits per heavy atom. The second-order valence-corrected chi connectivity index (χ2v) is 9.66. The molecule has 1 aromatic heterocycles. The van der Waals surface area contributed by atoms with Crippen molar-refractivity contribution in [2.45, 2.75) is 33.1 Å². The minimum atomic E-state index is -0.445. The molecule has 2 aromatic carbocycles. The number of likely N-dealkylation sites (tertiary alicyclic amines) is 1. The first-order valence-corrected chi connectivity index (χ1v) is 13.1. The van der Waals surface area contributed by atoms with E-state index in [9.17, 15) is 9.59 Å². The van der Waals surface area contributed by atoms with Crippen LogP contribution < -0.4 is 14.8 Å². The van der Waals surface area contributed by atoms with Gasteiger partial charge < -0.3 is 24.4 Å². The van der Waals surface area contributed by atoms with E-state index in [1.54, 1.807) is 11.8 Å². The monoisotopic (exact) mass is 520 g/mol. The summed E-state index contributed by atoms with van der Waals surface area (Å²) in [5.41, 5.74) is 2.94. The van der Waals surface area contributed by atoms with Crippen LogP contribution in [0.1, 0.15) is 43.6 Å². The number of carbonyl (C=O) groups excluding carboxylic acids is 2. The third-order valence-corrected chi connectivity index (χ3v) is 6.28. The topological polar surface area (TPSA) is 94.9 Å². The van der Waals surface area contributed by atoms with Gasteiger partial charge in [-0.25, -0.2) is 9.48 Å². The van der Waals surface area contributed by atoms with Crippen molar-refractivity contribution >= 4 is 12.0 Å². The van der Waals surface area contributed by atoms with E-state index in [4.69, 9.17) is 19.3 Å². The molecule has 4 rings (SSSR count). The molecule has 1 N–H and O–H groups in total. The van der Waals surface area contributed by atoms with E-state index < -0.39 is 6.09 Å². The highest BCUT2D eigenvalue weighted by Gasteiger charge is 2.23. The smallest absolute Gasteiger partial charge is 0.407 e. The summed E-state index contributed by atoms with van der Waals surface area (Å²) in [6, 6.07) is 17.0. The molecular weight excluding hydrogens is 484 g/mol. The van der Waals surface area contributed by atoms with Crippen LogP contribution >= 0.6 is 0 Å². The molecule has 9 nitrogen and oxygen atoms in total. The van der Waals surface area contributed by atoms with Gasteiger partial charge in [0.15, 0.2) is 5.69 Å². The molecule has 0 aliphatic carbocycles. The number of piperidine rings is 1. The molecule has 1 fully saturated rings. The van der Waals surface area contributed by atoms with Crippen LogP contribution in [-0.4, -0.2) is 66.6 Å². The number of nitrogens with one attached hydrogen (secondary N) is 1. The molecular formula is C29H36N4O5. The Hall–Kier alpha value is -4.01. The van der Waals surface area contributed by atoms with Gasteiger partial charge in [-0.15, -0.1) is 0 Å². The Kier molecular flexibility index (Phi) is 9.24. The molecule has 3 aromatic rings. The molecule has 1 aliphatic heterocycles. The summed E-state index contributed by atoms with van der Waals surface area (Å²) in [6.07, 6.45) is 2.75. The van der Waals surface area contributed by atoms with E-state index in [2.05, 4.69) is 5.32 Å². The zero-order valence-electron chi connectivity index (χ0n) is 22.3. The number of ether oxygens (including phenoxy) is 3. The number of carbonyl (C=O) groups is 2. The normalized spacial score (nSPS) is 13.3. The van der Waals surface area contributed by atoms with Gasteiger partial charge >= 0.3 is 6.09 Å². The van der Waals surface area contributed by atoms with Crippen molar-refractivity contribution in [1.82, 2.24) is 20.0 Å². The van der Waals surface area contributed by atoms with Crippen LogP contribution in [0.4, 0.5) is 4.79 Å². The fraction of sp³-hybridized carbons (Fsp3) is 0.414. The van der Waals surface area contributed by atoms with Gasteiger partial charge in [-0.3, -0.25) is 4.79 Å². The number of hydrogen-bond donors (Lipinski definition) is 1. The Morgan fingerprint density at radius 3 is 2.29 bits per heavy atom. The standard InChI is InChI=1S/C29H36N4O5/c1-21(2)20-30-29(35)38-18-17-37-25-11-7-22(8-12-25)27-19-26(28(34)32-15-5-4-6-16-32)31-33(27)23-9-13-24(36-3)14-10-23/h7-14,19,21H,4-6,15-18,20H2,1-3H3,(H,30,35). The number of alkyl carbamates (subject to hydrolysis) is 1. The third-order valence-electron chi connectivity index (χ3n) is 6.28. The highest BCUT2D eigenvalue weighted by atomic mass is 16.6. The Bertz CT molecular complexity index is 1200. The molecule has 1 saturated heterocycles. The summed E-state index contributed by atoms with van der Waals surface area (Å²) in [6.45, 7) is 6.52. The maximum atomic E-state index is 13.2. The summed E-state index contributed by atoms with van der Waals surface area (Å²) in [5.74, 6) is 1.71. The van der Waals surface area contributed by atoms with Crippen molar-refractivity contribution in [2.24, 2.45) is 5.92 Å². The van der Waals surface area contributed by atoms with Crippen molar-refractivity contribution in [2.75, 3.05) is 40.0 Å². The van der Waals surface area contributed by atoms with Crippen LogP contribution in [-0.2, 0) is 4.74 Å². The molecule has 0 saturated carbocycles. The molecule has 0 spiro atoms. The Morgan fingerprint density at radius 2 is 1.63 bits per heavy atom. The summed E-state index contributed by atoms with van der Waals surface area (Å²) >= 11 is 0. The van der Waals surface area contributed by atoms with Gasteiger partial charge in [0, 0.05) is 25.2 Å². The Balaban J connectivity index is 1.48. The van der Waals surface area contributed by atoms with Crippen molar-refractivity contribution < 1.29 is 23.8 Å². The number of rotatable bonds is 10. The lowest BCUT2D eigenvalue weighted by atomic mass is 10.1. The third kappa shape index (κ3) is 7.06. The van der Waals surface area contributed by atoms with Crippen molar-refractivity contribution in [1.29, 1.82) is 0 Å².